The van der Waals surface area contributed by atoms with E-state index in [1.807, 2.05) is 93.6 Å². The second-order valence-corrected chi connectivity index (χ2v) is 6.50. The van der Waals surface area contributed by atoms with Crippen molar-refractivity contribution in [3.63, 3.8) is 0 Å². The first kappa shape index (κ1) is 52.7. The van der Waals surface area contributed by atoms with E-state index in [0.29, 0.717) is 12.3 Å². The third-order valence-corrected chi connectivity index (χ3v) is 3.89. The van der Waals surface area contributed by atoms with Crippen LogP contribution >= 0.6 is 0 Å². The molecule has 0 saturated carbocycles. The van der Waals surface area contributed by atoms with Crippen molar-refractivity contribution < 1.29 is 113 Å². The SMILES string of the molecule is C.Cc1ccc(CON)cc1.Cc1ccc(COO)cc1.[C-]#[N+]c1ccc(C)cc1.[CH3-].[CH3-].[CH3-].[Y].[Y].[Y]. The molecule has 5 nitrogen and oxygen atoms in total. The molecule has 3 aromatic rings. The predicted octanol–water partition coefficient (Wildman–Crippen LogP) is 7.90. The van der Waals surface area contributed by atoms with Gasteiger partial charge in [-0.2, -0.15) is 0 Å². The van der Waals surface area contributed by atoms with Crippen LogP contribution in [0, 0.1) is 49.6 Å². The minimum Gasteiger partial charge on any atom is -0.358 e. The van der Waals surface area contributed by atoms with Gasteiger partial charge < -0.3 is 22.3 Å². The third-order valence-electron chi connectivity index (χ3n) is 3.89. The van der Waals surface area contributed by atoms with E-state index >= 15 is 0 Å². The summed E-state index contributed by atoms with van der Waals surface area (Å²) < 4.78 is 0. The Hall–Kier alpha value is 0.302. The number of hydrogen-bond donors (Lipinski definition) is 2. The van der Waals surface area contributed by atoms with Crippen molar-refractivity contribution in [1.82, 2.24) is 0 Å². The molecule has 0 aliphatic heterocycles. The fraction of sp³-hybridized carbons (Fsp3) is 0.214. The van der Waals surface area contributed by atoms with Gasteiger partial charge in [0.05, 0.1) is 13.2 Å². The van der Waals surface area contributed by atoms with Gasteiger partial charge in [-0.15, -0.1) is 0 Å². The molecule has 193 valence electrons. The Labute approximate surface area is 296 Å². The summed E-state index contributed by atoms with van der Waals surface area (Å²) in [7, 11) is 0. The van der Waals surface area contributed by atoms with Gasteiger partial charge in [-0.1, -0.05) is 96.9 Å². The van der Waals surface area contributed by atoms with Gasteiger partial charge >= 0.3 is 0 Å². The summed E-state index contributed by atoms with van der Waals surface area (Å²) >= 11 is 0. The first-order valence-electron chi connectivity index (χ1n) is 9.11. The van der Waals surface area contributed by atoms with Gasteiger partial charge in [0, 0.05) is 98.1 Å². The molecule has 36 heavy (non-hydrogen) atoms. The molecule has 0 unspecified atom stereocenters. The van der Waals surface area contributed by atoms with Crippen LogP contribution in [0.4, 0.5) is 5.69 Å². The minimum atomic E-state index is 0. The van der Waals surface area contributed by atoms with E-state index in [2.05, 4.69) is 14.6 Å². The summed E-state index contributed by atoms with van der Waals surface area (Å²) in [6, 6.07) is 23.4. The van der Waals surface area contributed by atoms with E-state index in [1.54, 1.807) is 0 Å². The van der Waals surface area contributed by atoms with Crippen molar-refractivity contribution in [3.05, 3.63) is 134 Å². The Morgan fingerprint density at radius 3 is 1.25 bits per heavy atom. The number of benzene rings is 3. The van der Waals surface area contributed by atoms with Crippen LogP contribution in [0.25, 0.3) is 4.85 Å². The molecular formula is C28H41N2O3Y3-3. The maximum Gasteiger partial charge on any atom is 0.187 e. The Morgan fingerprint density at radius 1 is 0.667 bits per heavy atom. The van der Waals surface area contributed by atoms with Crippen LogP contribution in [0.1, 0.15) is 35.2 Å². The van der Waals surface area contributed by atoms with Gasteiger partial charge in [0.1, 0.15) is 6.61 Å². The van der Waals surface area contributed by atoms with Crippen molar-refractivity contribution in [3.8, 4) is 0 Å². The monoisotopic (exact) mass is 720 g/mol. The number of hydrogen-bond acceptors (Lipinski definition) is 4. The summed E-state index contributed by atoms with van der Waals surface area (Å²) in [6.07, 6.45) is 0. The maximum absolute atomic E-state index is 8.09. The van der Waals surface area contributed by atoms with Crippen LogP contribution in [-0.2, 0) is 121 Å². The molecule has 0 aromatic heterocycles. The van der Waals surface area contributed by atoms with Gasteiger partial charge in [-0.25, -0.2) is 15.6 Å². The summed E-state index contributed by atoms with van der Waals surface area (Å²) in [6.45, 7) is 13.5. The largest absolute Gasteiger partial charge is 0.358 e. The standard InChI is InChI=1S/C8H11NO.C8H7N.C8H10O2.CH4.3CH3.3Y/c1-7-2-4-8(5-3-7)6-10-9;1-7-3-5-8(9-2)6-4-7;1-7-2-4-8(5-3-7)6-10-9;;;;;;;/h2-5H,6,9H2,1H3;3-6H,1H3;2-5,9H,6H2,1H3;1H4;3*1H3;;;/q;;;;3*-1;;;. The average Bonchev–Trinajstić information content (AvgIpc) is 2.73. The molecule has 3 N–H and O–H groups in total. The van der Waals surface area contributed by atoms with Crippen LogP contribution in [0.5, 0.6) is 0 Å². The molecule has 0 atom stereocenters. The number of nitrogens with two attached hydrogens (primary N) is 1. The van der Waals surface area contributed by atoms with Crippen LogP contribution in [0.2, 0.25) is 0 Å². The van der Waals surface area contributed by atoms with Crippen molar-refractivity contribution in [2.45, 2.75) is 41.4 Å². The molecule has 0 heterocycles. The van der Waals surface area contributed by atoms with Gasteiger partial charge in [0.25, 0.3) is 0 Å². The first-order chi connectivity index (χ1) is 14.0. The summed E-state index contributed by atoms with van der Waals surface area (Å²) in [5.74, 6) is 4.90. The molecule has 0 aliphatic rings. The fourth-order valence-electron chi connectivity index (χ4n) is 2.16. The summed E-state index contributed by atoms with van der Waals surface area (Å²) in [4.78, 5) is 11.7. The second-order valence-electron chi connectivity index (χ2n) is 6.50. The Bertz CT molecular complexity index is 821. The first-order valence-corrected chi connectivity index (χ1v) is 9.11. The zero-order valence-electron chi connectivity index (χ0n) is 21.9. The van der Waals surface area contributed by atoms with Crippen molar-refractivity contribution in [2.24, 2.45) is 5.90 Å². The molecule has 0 aliphatic carbocycles. The molecule has 8 heteroatoms. The molecule has 0 bridgehead atoms. The predicted molar refractivity (Wildman–Crippen MR) is 142 cm³/mol. The third kappa shape index (κ3) is 25.9. The number of rotatable bonds is 4. The van der Waals surface area contributed by atoms with Crippen molar-refractivity contribution in [1.29, 1.82) is 0 Å². The summed E-state index contributed by atoms with van der Waals surface area (Å²) in [5, 5.41) is 8.09. The van der Waals surface area contributed by atoms with E-state index < -0.39 is 0 Å². The number of aryl methyl sites for hydroxylation is 3. The Balaban J connectivity index is -0.0000000639. The van der Waals surface area contributed by atoms with E-state index in [-0.39, 0.29) is 134 Å². The molecule has 0 fully saturated rings. The Kier molecular flexibility index (Phi) is 48.8. The van der Waals surface area contributed by atoms with Crippen LogP contribution < -0.4 is 5.90 Å². The summed E-state index contributed by atoms with van der Waals surface area (Å²) in [5.41, 5.74) is 6.45. The van der Waals surface area contributed by atoms with Crippen LogP contribution in [-0.4, -0.2) is 5.26 Å². The van der Waals surface area contributed by atoms with E-state index in [4.69, 9.17) is 17.7 Å². The van der Waals surface area contributed by atoms with Gasteiger partial charge in [0.2, 0.25) is 0 Å². The quantitative estimate of drug-likeness (QED) is 0.164. The smallest absolute Gasteiger partial charge is 0.187 e. The average molecular weight is 720 g/mol. The Morgan fingerprint density at radius 2 is 0.972 bits per heavy atom. The zero-order valence-corrected chi connectivity index (χ0v) is 30.4. The van der Waals surface area contributed by atoms with Crippen molar-refractivity contribution >= 4 is 5.69 Å². The van der Waals surface area contributed by atoms with E-state index in [1.165, 1.54) is 16.7 Å². The van der Waals surface area contributed by atoms with Gasteiger partial charge in [-0.05, 0) is 31.9 Å². The molecule has 0 saturated heterocycles. The molecule has 3 aromatic carbocycles. The molecule has 3 radical (unpaired) electrons. The zero-order chi connectivity index (χ0) is 21.5. The van der Waals surface area contributed by atoms with Gasteiger partial charge in [0.15, 0.2) is 5.69 Å². The fourth-order valence-corrected chi connectivity index (χ4v) is 2.16. The molecule has 0 amide bonds. The molecule has 3 rings (SSSR count). The maximum atomic E-state index is 8.09. The van der Waals surface area contributed by atoms with E-state index in [0.717, 1.165) is 11.1 Å². The van der Waals surface area contributed by atoms with Crippen LogP contribution in [0.3, 0.4) is 0 Å². The topological polar surface area (TPSA) is 69.1 Å². The van der Waals surface area contributed by atoms with Crippen LogP contribution in [0.15, 0.2) is 72.8 Å². The van der Waals surface area contributed by atoms with Crippen molar-refractivity contribution in [2.75, 3.05) is 0 Å². The molecule has 0 spiro atoms. The van der Waals surface area contributed by atoms with Gasteiger partial charge in [-0.3, -0.25) is 10.1 Å². The minimum absolute atomic E-state index is 0. The molecular weight excluding hydrogens is 679 g/mol. The normalized spacial score (nSPS) is 7.56. The second kappa shape index (κ2) is 33.3. The number of nitrogens with zero attached hydrogens (tertiary/aromatic N) is 1. The van der Waals surface area contributed by atoms with E-state index in [9.17, 15) is 0 Å².